The predicted octanol–water partition coefficient (Wildman–Crippen LogP) is 1.95. The van der Waals surface area contributed by atoms with Crippen molar-refractivity contribution in [3.05, 3.63) is 29.3 Å². The fourth-order valence-electron chi connectivity index (χ4n) is 3.42. The van der Waals surface area contributed by atoms with Crippen LogP contribution in [0.15, 0.2) is 18.2 Å². The molecule has 2 aliphatic rings. The van der Waals surface area contributed by atoms with Gasteiger partial charge in [-0.15, -0.1) is 0 Å². The van der Waals surface area contributed by atoms with Gasteiger partial charge in [-0.25, -0.2) is 8.42 Å². The second kappa shape index (κ2) is 5.83. The molecule has 122 valence electrons. The minimum Gasteiger partial charge on any atom is -0.496 e. The lowest BCUT2D eigenvalue weighted by molar-refractivity contribution is 0.0243. The molecule has 2 saturated heterocycles. The Morgan fingerprint density at radius 3 is 2.73 bits per heavy atom. The molecular weight excluding hydrogens is 302 g/mol. The third kappa shape index (κ3) is 3.00. The van der Waals surface area contributed by atoms with Crippen LogP contribution in [0, 0.1) is 12.3 Å². The lowest BCUT2D eigenvalue weighted by Crippen LogP contribution is -2.34. The maximum Gasteiger partial charge on any atom is 0.215 e. The summed E-state index contributed by atoms with van der Waals surface area (Å²) in [5, 5.41) is 0. The molecule has 0 aliphatic carbocycles. The van der Waals surface area contributed by atoms with Crippen LogP contribution in [0.5, 0.6) is 5.75 Å². The van der Waals surface area contributed by atoms with Gasteiger partial charge in [0, 0.05) is 31.7 Å². The molecule has 1 spiro atoms. The highest BCUT2D eigenvalue weighted by Gasteiger charge is 2.47. The maximum absolute atomic E-state index is 12.5. The highest BCUT2D eigenvalue weighted by molar-refractivity contribution is 7.89. The average molecular weight is 325 g/mol. The first kappa shape index (κ1) is 15.8. The number of nitrogens with zero attached hydrogens (tertiary/aromatic N) is 1. The zero-order chi connectivity index (χ0) is 15.8. The summed E-state index contributed by atoms with van der Waals surface area (Å²) in [6.45, 7) is 4.34. The fourth-order valence-corrected chi connectivity index (χ4v) is 5.58. The highest BCUT2D eigenvalue weighted by Crippen LogP contribution is 2.40. The molecule has 0 unspecified atom stereocenters. The zero-order valence-electron chi connectivity index (χ0n) is 13.2. The van der Waals surface area contributed by atoms with Gasteiger partial charge < -0.3 is 9.47 Å². The van der Waals surface area contributed by atoms with E-state index >= 15 is 0 Å². The minimum atomic E-state index is -3.19. The predicted molar refractivity (Wildman–Crippen MR) is 84.4 cm³/mol. The quantitative estimate of drug-likeness (QED) is 0.852. The summed E-state index contributed by atoms with van der Waals surface area (Å²) in [7, 11) is -1.55. The monoisotopic (exact) mass is 325 g/mol. The van der Waals surface area contributed by atoms with Crippen molar-refractivity contribution in [2.24, 2.45) is 5.41 Å². The Labute approximate surface area is 132 Å². The molecule has 3 rings (SSSR count). The summed E-state index contributed by atoms with van der Waals surface area (Å²) >= 11 is 0. The molecule has 22 heavy (non-hydrogen) atoms. The molecule has 2 fully saturated rings. The molecule has 0 radical (unpaired) electrons. The van der Waals surface area contributed by atoms with Gasteiger partial charge in [0.2, 0.25) is 10.0 Å². The standard InChI is InChI=1S/C16H23NO4S/c1-13-3-4-14(9-15(13)20-2)10-17-11-16(12-22(17,18)19)5-7-21-8-6-16/h3-4,9H,5-8,10-12H2,1-2H3. The summed E-state index contributed by atoms with van der Waals surface area (Å²) in [5.41, 5.74) is 1.90. The molecule has 0 aromatic heterocycles. The Bertz CT molecular complexity index is 650. The van der Waals surface area contributed by atoms with Gasteiger partial charge in [-0.05, 0) is 37.0 Å². The van der Waals surface area contributed by atoms with Crippen LogP contribution < -0.4 is 4.74 Å². The Hall–Kier alpha value is -1.11. The first-order valence-corrected chi connectivity index (χ1v) is 9.24. The summed E-state index contributed by atoms with van der Waals surface area (Å²) in [6, 6.07) is 5.88. The first-order valence-electron chi connectivity index (χ1n) is 7.63. The van der Waals surface area contributed by atoms with Gasteiger partial charge in [-0.1, -0.05) is 12.1 Å². The molecule has 0 saturated carbocycles. The van der Waals surface area contributed by atoms with Gasteiger partial charge in [0.05, 0.1) is 12.9 Å². The van der Waals surface area contributed by atoms with Crippen LogP contribution in [0.2, 0.25) is 0 Å². The van der Waals surface area contributed by atoms with Crippen LogP contribution in [0.3, 0.4) is 0 Å². The van der Waals surface area contributed by atoms with E-state index in [2.05, 4.69) is 0 Å². The van der Waals surface area contributed by atoms with Gasteiger partial charge in [0.15, 0.2) is 0 Å². The highest BCUT2D eigenvalue weighted by atomic mass is 32.2. The Morgan fingerprint density at radius 2 is 2.05 bits per heavy atom. The number of benzene rings is 1. The van der Waals surface area contributed by atoms with Crippen molar-refractivity contribution >= 4 is 10.0 Å². The number of sulfonamides is 1. The molecule has 0 N–H and O–H groups in total. The average Bonchev–Trinajstić information content (AvgIpc) is 2.72. The summed E-state index contributed by atoms with van der Waals surface area (Å²) < 4.78 is 37.4. The van der Waals surface area contributed by atoms with Crippen molar-refractivity contribution in [3.8, 4) is 5.75 Å². The largest absolute Gasteiger partial charge is 0.496 e. The van der Waals surface area contributed by atoms with E-state index in [1.54, 1.807) is 11.4 Å². The Morgan fingerprint density at radius 1 is 1.32 bits per heavy atom. The van der Waals surface area contributed by atoms with Crippen molar-refractivity contribution in [1.82, 2.24) is 4.31 Å². The fraction of sp³-hybridized carbons (Fsp3) is 0.625. The third-order valence-corrected chi connectivity index (χ3v) is 6.80. The van der Waals surface area contributed by atoms with E-state index in [1.165, 1.54) is 0 Å². The van der Waals surface area contributed by atoms with Gasteiger partial charge in [-0.2, -0.15) is 4.31 Å². The van der Waals surface area contributed by atoms with Crippen molar-refractivity contribution in [2.45, 2.75) is 26.3 Å². The minimum absolute atomic E-state index is 0.119. The maximum atomic E-state index is 12.5. The number of methoxy groups -OCH3 is 1. The van der Waals surface area contributed by atoms with Crippen LogP contribution >= 0.6 is 0 Å². The number of hydrogen-bond donors (Lipinski definition) is 0. The lowest BCUT2D eigenvalue weighted by Gasteiger charge is -2.31. The van der Waals surface area contributed by atoms with E-state index in [4.69, 9.17) is 9.47 Å². The van der Waals surface area contributed by atoms with Crippen molar-refractivity contribution in [2.75, 3.05) is 32.6 Å². The number of ether oxygens (including phenoxy) is 2. The van der Waals surface area contributed by atoms with Crippen LogP contribution in [-0.4, -0.2) is 45.3 Å². The molecule has 0 bridgehead atoms. The zero-order valence-corrected chi connectivity index (χ0v) is 14.0. The van der Waals surface area contributed by atoms with Gasteiger partial charge >= 0.3 is 0 Å². The molecule has 2 aliphatic heterocycles. The lowest BCUT2D eigenvalue weighted by atomic mass is 9.82. The second-order valence-electron chi connectivity index (χ2n) is 6.44. The smallest absolute Gasteiger partial charge is 0.215 e. The molecule has 1 aromatic rings. The summed E-state index contributed by atoms with van der Waals surface area (Å²) in [5.74, 6) is 1.06. The van der Waals surface area contributed by atoms with E-state index in [0.717, 1.165) is 29.7 Å². The third-order valence-electron chi connectivity index (χ3n) is 4.78. The van der Waals surface area contributed by atoms with E-state index < -0.39 is 10.0 Å². The van der Waals surface area contributed by atoms with Gasteiger partial charge in [0.1, 0.15) is 5.75 Å². The van der Waals surface area contributed by atoms with Crippen LogP contribution in [0.25, 0.3) is 0 Å². The number of hydrogen-bond acceptors (Lipinski definition) is 4. The SMILES string of the molecule is COc1cc(CN2CC3(CCOCC3)CS2(=O)=O)ccc1C. The van der Waals surface area contributed by atoms with E-state index in [0.29, 0.717) is 26.3 Å². The Balaban J connectivity index is 1.80. The van der Waals surface area contributed by atoms with E-state index in [1.807, 2.05) is 25.1 Å². The van der Waals surface area contributed by atoms with E-state index in [9.17, 15) is 8.42 Å². The Kier molecular flexibility index (Phi) is 4.18. The molecule has 5 nitrogen and oxygen atoms in total. The molecule has 1 aromatic carbocycles. The molecule has 2 heterocycles. The number of aryl methyl sites for hydroxylation is 1. The van der Waals surface area contributed by atoms with Crippen LogP contribution in [-0.2, 0) is 21.3 Å². The number of rotatable bonds is 3. The molecule has 0 atom stereocenters. The topological polar surface area (TPSA) is 55.8 Å². The first-order chi connectivity index (χ1) is 10.4. The van der Waals surface area contributed by atoms with E-state index in [-0.39, 0.29) is 11.2 Å². The van der Waals surface area contributed by atoms with Crippen molar-refractivity contribution < 1.29 is 17.9 Å². The van der Waals surface area contributed by atoms with Crippen molar-refractivity contribution in [1.29, 1.82) is 0 Å². The molecule has 0 amide bonds. The van der Waals surface area contributed by atoms with Gasteiger partial charge in [-0.3, -0.25) is 0 Å². The molecular formula is C16H23NO4S. The normalized spacial score (nSPS) is 23.7. The summed E-state index contributed by atoms with van der Waals surface area (Å²) in [4.78, 5) is 0. The molecule has 6 heteroatoms. The second-order valence-corrected chi connectivity index (χ2v) is 8.41. The summed E-state index contributed by atoms with van der Waals surface area (Å²) in [6.07, 6.45) is 1.67. The van der Waals surface area contributed by atoms with Crippen LogP contribution in [0.4, 0.5) is 0 Å². The van der Waals surface area contributed by atoms with Crippen LogP contribution in [0.1, 0.15) is 24.0 Å². The van der Waals surface area contributed by atoms with Gasteiger partial charge in [0.25, 0.3) is 0 Å². The van der Waals surface area contributed by atoms with Crippen molar-refractivity contribution in [3.63, 3.8) is 0 Å².